The molecule has 2 N–H and O–H groups in total. The number of nitrogens with zero attached hydrogens (tertiary/aromatic N) is 1. The van der Waals surface area contributed by atoms with Gasteiger partial charge in [-0.15, -0.1) is 0 Å². The predicted octanol–water partition coefficient (Wildman–Crippen LogP) is 0.988. The molecule has 0 bridgehead atoms. The first-order valence-electron chi connectivity index (χ1n) is 6.84. The first-order chi connectivity index (χ1) is 9.17. The van der Waals surface area contributed by atoms with E-state index in [1.165, 1.54) is 11.1 Å². The fraction of sp³-hybridized carbons (Fsp3) is 0.600. The van der Waals surface area contributed by atoms with E-state index in [1.54, 1.807) is 7.11 Å². The van der Waals surface area contributed by atoms with E-state index < -0.39 is 0 Å². The van der Waals surface area contributed by atoms with Crippen LogP contribution in [-0.2, 0) is 17.9 Å². The second-order valence-electron chi connectivity index (χ2n) is 5.44. The van der Waals surface area contributed by atoms with Gasteiger partial charge in [0.2, 0.25) is 0 Å². The van der Waals surface area contributed by atoms with Gasteiger partial charge in [-0.3, -0.25) is 0 Å². The average molecular weight is 264 g/mol. The molecule has 0 radical (unpaired) electrons. The summed E-state index contributed by atoms with van der Waals surface area (Å²) in [5.41, 5.74) is 2.51. The summed E-state index contributed by atoms with van der Waals surface area (Å²) in [6, 6.07) is 8.95. The number of hydrogen-bond acceptors (Lipinski definition) is 4. The smallest absolute Gasteiger partial charge is 0.0713 e. The summed E-state index contributed by atoms with van der Waals surface area (Å²) in [6.45, 7) is 3.29. The van der Waals surface area contributed by atoms with Crippen LogP contribution < -0.4 is 5.32 Å². The Morgan fingerprint density at radius 2 is 2.00 bits per heavy atom. The molecule has 0 saturated carbocycles. The number of likely N-dealkylation sites (N-methyl/N-ethyl adjacent to an activating group) is 1. The molecule has 1 aliphatic rings. The Labute approximate surface area is 115 Å². The van der Waals surface area contributed by atoms with Crippen molar-refractivity contribution < 1.29 is 9.84 Å². The molecule has 1 aliphatic heterocycles. The topological polar surface area (TPSA) is 44.7 Å². The lowest BCUT2D eigenvalue weighted by Crippen LogP contribution is -2.34. The van der Waals surface area contributed by atoms with Crippen molar-refractivity contribution in [3.63, 3.8) is 0 Å². The zero-order valence-corrected chi connectivity index (χ0v) is 11.8. The van der Waals surface area contributed by atoms with Gasteiger partial charge in [0.15, 0.2) is 0 Å². The number of hydrogen-bond donors (Lipinski definition) is 2. The van der Waals surface area contributed by atoms with Crippen LogP contribution >= 0.6 is 0 Å². The Hall–Kier alpha value is -0.940. The minimum Gasteiger partial charge on any atom is -0.392 e. The van der Waals surface area contributed by atoms with Crippen LogP contribution in [-0.4, -0.2) is 49.4 Å². The van der Waals surface area contributed by atoms with Crippen LogP contribution in [0.25, 0.3) is 0 Å². The van der Waals surface area contributed by atoms with Gasteiger partial charge in [-0.1, -0.05) is 24.3 Å². The molecule has 0 spiro atoms. The lowest BCUT2D eigenvalue weighted by Gasteiger charge is -2.21. The van der Waals surface area contributed by atoms with E-state index in [4.69, 9.17) is 4.74 Å². The highest BCUT2D eigenvalue weighted by Crippen LogP contribution is 2.11. The number of β-amino-alcohol motifs (C(OH)–C–C–N with tert-alkyl or cyclic N) is 1. The highest BCUT2D eigenvalue weighted by molar-refractivity contribution is 5.22. The molecule has 1 heterocycles. The van der Waals surface area contributed by atoms with E-state index in [0.717, 1.165) is 26.1 Å². The molecule has 0 aliphatic carbocycles. The van der Waals surface area contributed by atoms with Gasteiger partial charge in [0.25, 0.3) is 0 Å². The van der Waals surface area contributed by atoms with E-state index in [-0.39, 0.29) is 6.10 Å². The maximum atomic E-state index is 9.49. The van der Waals surface area contributed by atoms with Crippen LogP contribution in [0.1, 0.15) is 17.5 Å². The number of ether oxygens (including phenoxy) is 1. The molecule has 1 fully saturated rings. The number of benzene rings is 1. The molecular weight excluding hydrogens is 240 g/mol. The second kappa shape index (κ2) is 7.01. The van der Waals surface area contributed by atoms with Crippen LogP contribution in [0.2, 0.25) is 0 Å². The zero-order valence-electron chi connectivity index (χ0n) is 11.8. The van der Waals surface area contributed by atoms with E-state index in [9.17, 15) is 5.11 Å². The summed E-state index contributed by atoms with van der Waals surface area (Å²) in [6.07, 6.45) is 0.684. The molecule has 106 valence electrons. The number of aliphatic hydroxyl groups is 1. The van der Waals surface area contributed by atoms with Crippen molar-refractivity contribution in [1.29, 1.82) is 0 Å². The molecule has 19 heavy (non-hydrogen) atoms. The Bertz CT molecular complexity index is 380. The third-order valence-electron chi connectivity index (χ3n) is 3.52. The van der Waals surface area contributed by atoms with Gasteiger partial charge in [0.05, 0.1) is 12.7 Å². The maximum absolute atomic E-state index is 9.49. The molecule has 4 heteroatoms. The quantitative estimate of drug-likeness (QED) is 0.804. The summed E-state index contributed by atoms with van der Waals surface area (Å²) < 4.78 is 5.11. The highest BCUT2D eigenvalue weighted by atomic mass is 16.5. The monoisotopic (exact) mass is 264 g/mol. The van der Waals surface area contributed by atoms with Gasteiger partial charge in [-0.25, -0.2) is 0 Å². The van der Waals surface area contributed by atoms with Crippen molar-refractivity contribution >= 4 is 0 Å². The van der Waals surface area contributed by atoms with Crippen molar-refractivity contribution in [3.05, 3.63) is 35.4 Å². The molecule has 0 aromatic heterocycles. The van der Waals surface area contributed by atoms with Crippen LogP contribution in [0.3, 0.4) is 0 Å². The van der Waals surface area contributed by atoms with Crippen LogP contribution in [0.15, 0.2) is 24.3 Å². The minimum absolute atomic E-state index is 0.174. The Balaban J connectivity index is 1.79. The van der Waals surface area contributed by atoms with Gasteiger partial charge < -0.3 is 20.1 Å². The number of aliphatic hydroxyl groups excluding tert-OH is 1. The second-order valence-corrected chi connectivity index (χ2v) is 5.44. The van der Waals surface area contributed by atoms with Crippen molar-refractivity contribution in [2.24, 2.45) is 0 Å². The summed E-state index contributed by atoms with van der Waals surface area (Å²) in [7, 11) is 3.83. The molecule has 1 saturated heterocycles. The van der Waals surface area contributed by atoms with Crippen molar-refractivity contribution in [2.45, 2.75) is 31.7 Å². The normalized spacial score (nSPS) is 23.2. The summed E-state index contributed by atoms with van der Waals surface area (Å²) >= 11 is 0. The largest absolute Gasteiger partial charge is 0.392 e. The summed E-state index contributed by atoms with van der Waals surface area (Å²) in [4.78, 5) is 2.29. The van der Waals surface area contributed by atoms with Gasteiger partial charge in [-0.05, 0) is 24.6 Å². The number of nitrogens with one attached hydrogen (secondary N) is 1. The van der Waals surface area contributed by atoms with E-state index in [1.807, 2.05) is 0 Å². The number of methoxy groups -OCH3 is 1. The third kappa shape index (κ3) is 4.58. The van der Waals surface area contributed by atoms with Crippen molar-refractivity contribution in [2.75, 3.05) is 27.2 Å². The van der Waals surface area contributed by atoms with Crippen molar-refractivity contribution in [1.82, 2.24) is 10.2 Å². The summed E-state index contributed by atoms with van der Waals surface area (Å²) in [5, 5.41) is 12.8. The minimum atomic E-state index is -0.174. The molecule has 1 aromatic rings. The lowest BCUT2D eigenvalue weighted by molar-refractivity contribution is 0.185. The lowest BCUT2D eigenvalue weighted by atomic mass is 10.1. The predicted molar refractivity (Wildman–Crippen MR) is 75.9 cm³/mol. The van der Waals surface area contributed by atoms with Gasteiger partial charge >= 0.3 is 0 Å². The van der Waals surface area contributed by atoms with E-state index in [0.29, 0.717) is 12.6 Å². The van der Waals surface area contributed by atoms with Gasteiger partial charge in [0.1, 0.15) is 0 Å². The third-order valence-corrected chi connectivity index (χ3v) is 3.52. The standard InChI is InChI=1S/C15H24N2O2/c1-17(10-14-7-15(18)8-16-14)9-12-3-5-13(6-4-12)11-19-2/h3-6,14-16,18H,7-11H2,1-2H3/t14-,15+/m0/s1. The van der Waals surface area contributed by atoms with Crippen molar-refractivity contribution in [3.8, 4) is 0 Å². The SMILES string of the molecule is COCc1ccc(CN(C)C[C@@H]2C[C@@H](O)CN2)cc1. The highest BCUT2D eigenvalue weighted by Gasteiger charge is 2.22. The van der Waals surface area contributed by atoms with Crippen LogP contribution in [0.4, 0.5) is 0 Å². The molecule has 4 nitrogen and oxygen atoms in total. The molecule has 0 amide bonds. The fourth-order valence-electron chi connectivity index (χ4n) is 2.60. The van der Waals surface area contributed by atoms with Gasteiger partial charge in [0, 0.05) is 32.8 Å². The zero-order chi connectivity index (χ0) is 13.7. The molecule has 1 aromatic carbocycles. The Morgan fingerprint density at radius 3 is 2.58 bits per heavy atom. The van der Waals surface area contributed by atoms with Crippen LogP contribution in [0, 0.1) is 0 Å². The average Bonchev–Trinajstić information content (AvgIpc) is 2.77. The molecule has 2 atom stereocenters. The van der Waals surface area contributed by atoms with Gasteiger partial charge in [-0.2, -0.15) is 0 Å². The maximum Gasteiger partial charge on any atom is 0.0713 e. The van der Waals surface area contributed by atoms with Crippen LogP contribution in [0.5, 0.6) is 0 Å². The molecule has 0 unspecified atom stereocenters. The summed E-state index contributed by atoms with van der Waals surface area (Å²) in [5.74, 6) is 0. The Morgan fingerprint density at radius 1 is 1.32 bits per heavy atom. The molecule has 2 rings (SSSR count). The van der Waals surface area contributed by atoms with E-state index in [2.05, 4.69) is 41.5 Å². The fourth-order valence-corrected chi connectivity index (χ4v) is 2.60. The Kier molecular flexibility index (Phi) is 5.34. The first-order valence-corrected chi connectivity index (χ1v) is 6.84. The molecular formula is C15H24N2O2. The first kappa shape index (κ1) is 14.5. The number of rotatable bonds is 6. The van der Waals surface area contributed by atoms with E-state index >= 15 is 0 Å².